The van der Waals surface area contributed by atoms with Gasteiger partial charge in [0.05, 0.1) is 7.11 Å². The first kappa shape index (κ1) is 15.2. The van der Waals surface area contributed by atoms with E-state index in [1.807, 2.05) is 0 Å². The van der Waals surface area contributed by atoms with Gasteiger partial charge in [0.2, 0.25) is 0 Å². The molecule has 6 nitrogen and oxygen atoms in total. The van der Waals surface area contributed by atoms with Crippen molar-refractivity contribution >= 4 is 24.3 Å². The molecule has 0 aromatic rings. The van der Waals surface area contributed by atoms with Crippen LogP contribution in [0.5, 0.6) is 0 Å². The first-order valence-electron chi connectivity index (χ1n) is 5.07. The molecule has 96 valence electrons. The van der Waals surface area contributed by atoms with Gasteiger partial charge in [-0.25, -0.2) is 0 Å². The number of halogens is 1. The predicted molar refractivity (Wildman–Crippen MR) is 61.1 cm³/mol. The standard InChI is InChI=1S/C9H18N2O4.ClH/c1-9(2,3)15-8(13)6(11)5(10)7(12)14-4;/h5-6H,10-11H2,1-4H3;1H/i1D;. The van der Waals surface area contributed by atoms with Gasteiger partial charge in [0, 0.05) is 1.37 Å². The third-order valence-corrected chi connectivity index (χ3v) is 1.51. The molecular formula is C9H19ClN2O4. The quantitative estimate of drug-likeness (QED) is 0.664. The minimum absolute atomic E-state index is 0. The number of ether oxygens (including phenoxy) is 2. The number of hydrogen-bond acceptors (Lipinski definition) is 6. The van der Waals surface area contributed by atoms with Crippen molar-refractivity contribution in [2.45, 2.75) is 38.4 Å². The summed E-state index contributed by atoms with van der Waals surface area (Å²) >= 11 is 0. The van der Waals surface area contributed by atoms with Gasteiger partial charge in [0.15, 0.2) is 0 Å². The summed E-state index contributed by atoms with van der Waals surface area (Å²) < 4.78 is 16.4. The zero-order valence-corrected chi connectivity index (χ0v) is 10.4. The monoisotopic (exact) mass is 255 g/mol. The summed E-state index contributed by atoms with van der Waals surface area (Å²) in [4.78, 5) is 22.5. The predicted octanol–water partition coefficient (Wildman–Crippen LogP) is -0.422. The van der Waals surface area contributed by atoms with Crippen LogP contribution in [0.1, 0.15) is 22.1 Å². The van der Waals surface area contributed by atoms with Crippen molar-refractivity contribution in [3.8, 4) is 0 Å². The topological polar surface area (TPSA) is 105 Å². The number of methoxy groups -OCH3 is 1. The lowest BCUT2D eigenvalue weighted by molar-refractivity contribution is -0.160. The van der Waals surface area contributed by atoms with E-state index in [0.717, 1.165) is 7.11 Å². The molecule has 0 radical (unpaired) electrons. The normalized spacial score (nSPS) is 15.2. The van der Waals surface area contributed by atoms with E-state index < -0.39 is 29.6 Å². The van der Waals surface area contributed by atoms with Crippen LogP contribution in [-0.2, 0) is 19.1 Å². The fourth-order valence-corrected chi connectivity index (χ4v) is 0.770. The Morgan fingerprint density at radius 3 is 2.06 bits per heavy atom. The molecule has 4 N–H and O–H groups in total. The van der Waals surface area contributed by atoms with Crippen molar-refractivity contribution in [3.05, 3.63) is 0 Å². The van der Waals surface area contributed by atoms with Crippen molar-refractivity contribution in [2.75, 3.05) is 7.11 Å². The highest BCUT2D eigenvalue weighted by molar-refractivity contribution is 5.87. The Balaban J connectivity index is 0. The minimum atomic E-state index is -1.29. The summed E-state index contributed by atoms with van der Waals surface area (Å²) in [7, 11) is 1.15. The van der Waals surface area contributed by atoms with Crippen molar-refractivity contribution in [3.63, 3.8) is 0 Å². The molecule has 0 aromatic carbocycles. The molecule has 0 amide bonds. The summed E-state index contributed by atoms with van der Waals surface area (Å²) in [5.74, 6) is -1.61. The highest BCUT2D eigenvalue weighted by atomic mass is 35.5. The maximum atomic E-state index is 11.5. The number of hydrogen-bond donors (Lipinski definition) is 2. The smallest absolute Gasteiger partial charge is 0.325 e. The van der Waals surface area contributed by atoms with Crippen LogP contribution in [0.2, 0.25) is 0 Å². The maximum absolute atomic E-state index is 11.5. The van der Waals surface area contributed by atoms with Gasteiger partial charge in [-0.2, -0.15) is 0 Å². The molecule has 7 heteroatoms. The lowest BCUT2D eigenvalue weighted by Gasteiger charge is -2.23. The minimum Gasteiger partial charge on any atom is -0.468 e. The average Bonchev–Trinajstić information content (AvgIpc) is 2.25. The number of carbonyl (C=O) groups excluding carboxylic acids is 2. The molecule has 0 aliphatic heterocycles. The zero-order valence-electron chi connectivity index (χ0n) is 10.6. The fourth-order valence-electron chi connectivity index (χ4n) is 0.770. The molecule has 0 aliphatic carbocycles. The Kier molecular flexibility index (Phi) is 6.32. The Labute approximate surface area is 102 Å². The Morgan fingerprint density at radius 1 is 1.25 bits per heavy atom. The first-order valence-corrected chi connectivity index (χ1v) is 4.36. The summed E-state index contributed by atoms with van der Waals surface area (Å²) in [5, 5.41) is 0. The fraction of sp³-hybridized carbons (Fsp3) is 0.778. The second kappa shape index (κ2) is 6.67. The average molecular weight is 256 g/mol. The molecule has 0 spiro atoms. The maximum Gasteiger partial charge on any atom is 0.325 e. The summed E-state index contributed by atoms with van der Waals surface area (Å²) in [6, 6.07) is -2.56. The molecule has 0 fully saturated rings. The molecule has 0 aromatic heterocycles. The number of rotatable bonds is 3. The highest BCUT2D eigenvalue weighted by Crippen LogP contribution is 2.08. The van der Waals surface area contributed by atoms with Crippen LogP contribution in [-0.4, -0.2) is 36.7 Å². The van der Waals surface area contributed by atoms with Crippen LogP contribution in [0.25, 0.3) is 0 Å². The zero-order chi connectivity index (χ0) is 12.9. The molecule has 0 aliphatic rings. The van der Waals surface area contributed by atoms with E-state index in [0.29, 0.717) is 0 Å². The van der Waals surface area contributed by atoms with Crippen LogP contribution in [0.3, 0.4) is 0 Å². The van der Waals surface area contributed by atoms with Crippen molar-refractivity contribution in [2.24, 2.45) is 11.5 Å². The van der Waals surface area contributed by atoms with E-state index in [1.165, 1.54) is 0 Å². The third kappa shape index (κ3) is 5.89. The van der Waals surface area contributed by atoms with Crippen LogP contribution < -0.4 is 11.5 Å². The van der Waals surface area contributed by atoms with Gasteiger partial charge in [0.25, 0.3) is 0 Å². The lowest BCUT2D eigenvalue weighted by atomic mass is 10.1. The summed E-state index contributed by atoms with van der Waals surface area (Å²) in [6.07, 6.45) is 0. The van der Waals surface area contributed by atoms with Gasteiger partial charge < -0.3 is 20.9 Å². The molecular weight excluding hydrogens is 236 g/mol. The van der Waals surface area contributed by atoms with E-state index in [4.69, 9.17) is 17.6 Å². The van der Waals surface area contributed by atoms with Gasteiger partial charge >= 0.3 is 11.9 Å². The largest absolute Gasteiger partial charge is 0.468 e. The van der Waals surface area contributed by atoms with Gasteiger partial charge in [-0.15, -0.1) is 12.4 Å². The van der Waals surface area contributed by atoms with Crippen LogP contribution >= 0.6 is 12.4 Å². The molecule has 2 atom stereocenters. The summed E-state index contributed by atoms with van der Waals surface area (Å²) in [6.45, 7) is 3.02. The van der Waals surface area contributed by atoms with Gasteiger partial charge in [-0.05, 0) is 20.7 Å². The molecule has 0 saturated heterocycles. The van der Waals surface area contributed by atoms with Crippen molar-refractivity contribution < 1.29 is 20.4 Å². The van der Waals surface area contributed by atoms with E-state index in [1.54, 1.807) is 13.8 Å². The number of carbonyl (C=O) groups is 2. The van der Waals surface area contributed by atoms with Gasteiger partial charge in [0.1, 0.15) is 17.7 Å². The molecule has 2 unspecified atom stereocenters. The molecule has 0 bridgehead atoms. The molecule has 0 saturated carbocycles. The second-order valence-corrected chi connectivity index (χ2v) is 3.76. The Morgan fingerprint density at radius 2 is 1.69 bits per heavy atom. The summed E-state index contributed by atoms with van der Waals surface area (Å²) in [5.41, 5.74) is 9.87. The second-order valence-electron chi connectivity index (χ2n) is 3.76. The lowest BCUT2D eigenvalue weighted by Crippen LogP contribution is -2.53. The van der Waals surface area contributed by atoms with Crippen LogP contribution in [0.15, 0.2) is 0 Å². The molecule has 0 rings (SSSR count). The number of esters is 2. The van der Waals surface area contributed by atoms with E-state index in [9.17, 15) is 9.59 Å². The van der Waals surface area contributed by atoms with Gasteiger partial charge in [-0.1, -0.05) is 0 Å². The van der Waals surface area contributed by atoms with Crippen molar-refractivity contribution in [1.82, 2.24) is 0 Å². The van der Waals surface area contributed by atoms with Gasteiger partial charge in [-0.3, -0.25) is 9.59 Å². The number of nitrogens with two attached hydrogens (primary N) is 2. The van der Waals surface area contributed by atoms with E-state index in [2.05, 4.69) is 4.74 Å². The van der Waals surface area contributed by atoms with Crippen LogP contribution in [0, 0.1) is 0 Å². The van der Waals surface area contributed by atoms with E-state index >= 15 is 0 Å². The molecule has 0 heterocycles. The van der Waals surface area contributed by atoms with Crippen LogP contribution in [0.4, 0.5) is 0 Å². The van der Waals surface area contributed by atoms with E-state index in [-0.39, 0.29) is 19.3 Å². The highest BCUT2D eigenvalue weighted by Gasteiger charge is 2.31. The first-order chi connectivity index (χ1) is 7.25. The Bertz CT molecular complexity index is 276. The Hall–Kier alpha value is -0.850. The molecule has 16 heavy (non-hydrogen) atoms. The van der Waals surface area contributed by atoms with Crippen molar-refractivity contribution in [1.29, 1.82) is 0 Å². The SMILES string of the molecule is Cl.[2H]CC(C)(C)OC(=O)C(N)C(N)C(=O)OC. The third-order valence-electron chi connectivity index (χ3n) is 1.51.